The lowest BCUT2D eigenvalue weighted by atomic mass is 9.77. The number of benzene rings is 1. The molecule has 1 N–H and O–H groups in total. The van der Waals surface area contributed by atoms with Crippen molar-refractivity contribution in [2.45, 2.75) is 58.1 Å². The van der Waals surface area contributed by atoms with Crippen LogP contribution in [-0.4, -0.2) is 70.5 Å². The van der Waals surface area contributed by atoms with E-state index in [1.807, 2.05) is 13.0 Å². The van der Waals surface area contributed by atoms with Gasteiger partial charge in [-0.1, -0.05) is 25.1 Å². The Morgan fingerprint density at radius 3 is 2.41 bits per heavy atom. The van der Waals surface area contributed by atoms with Crippen LogP contribution >= 0.6 is 11.3 Å². The number of nitrogens with zero attached hydrogens (tertiary/aromatic N) is 3. The molecule has 4 heterocycles. The molecule has 3 aromatic rings. The topological polar surface area (TPSA) is 154 Å². The fourth-order valence-corrected chi connectivity index (χ4v) is 7.83. The second-order valence-corrected chi connectivity index (χ2v) is 13.3. The molecule has 0 aliphatic carbocycles. The van der Waals surface area contributed by atoms with Gasteiger partial charge in [-0.3, -0.25) is 9.20 Å². The first-order valence-corrected chi connectivity index (χ1v) is 15.5. The summed E-state index contributed by atoms with van der Waals surface area (Å²) in [5.74, 6) is -2.16. The van der Waals surface area contributed by atoms with Crippen LogP contribution in [-0.2, 0) is 28.9 Å². The Kier molecular flexibility index (Phi) is 7.20. The van der Waals surface area contributed by atoms with Gasteiger partial charge >= 0.3 is 12.1 Å². The van der Waals surface area contributed by atoms with E-state index < -0.39 is 58.1 Å². The third-order valence-electron chi connectivity index (χ3n) is 7.29. The van der Waals surface area contributed by atoms with Gasteiger partial charge in [-0.15, -0.1) is 11.3 Å². The maximum atomic E-state index is 13.5. The summed E-state index contributed by atoms with van der Waals surface area (Å²) < 4.78 is 41.9. The van der Waals surface area contributed by atoms with Crippen LogP contribution in [0.4, 0.5) is 4.79 Å². The molecular weight excluding hydrogens is 574 g/mol. The van der Waals surface area contributed by atoms with Crippen LogP contribution in [0.2, 0.25) is 0 Å². The molecule has 12 nitrogen and oxygen atoms in total. The number of carbonyl (C=O) groups excluding carboxylic acids is 3. The fraction of sp³-hybridized carbons (Fsp3) is 0.407. The summed E-state index contributed by atoms with van der Waals surface area (Å²) in [6.45, 7) is 8.23. The molecule has 1 amide bonds. The van der Waals surface area contributed by atoms with Crippen LogP contribution in [0.25, 0.3) is 10.4 Å². The average molecular weight is 604 g/mol. The van der Waals surface area contributed by atoms with Crippen molar-refractivity contribution in [2.24, 2.45) is 11.8 Å². The van der Waals surface area contributed by atoms with E-state index in [1.165, 1.54) is 29.5 Å². The van der Waals surface area contributed by atoms with Crippen LogP contribution in [0.15, 0.2) is 41.4 Å². The summed E-state index contributed by atoms with van der Waals surface area (Å²) in [6.07, 6.45) is 0.657. The number of thiazole rings is 1. The zero-order chi connectivity index (χ0) is 30.0. The first kappa shape index (κ1) is 28.8. The van der Waals surface area contributed by atoms with Crippen LogP contribution in [0, 0.1) is 25.7 Å². The molecule has 41 heavy (non-hydrogen) atoms. The number of hydrogen-bond donors (Lipinski definition) is 1. The van der Waals surface area contributed by atoms with Gasteiger partial charge in [-0.2, -0.15) is 0 Å². The smallest absolute Gasteiger partial charge is 0.421 e. The fourth-order valence-electron chi connectivity index (χ4n) is 5.47. The van der Waals surface area contributed by atoms with E-state index in [-0.39, 0.29) is 10.7 Å². The number of rotatable bonds is 7. The van der Waals surface area contributed by atoms with E-state index in [1.54, 1.807) is 32.2 Å². The standard InChI is InChI=1S/C27H29N3O9S2/c1-12-8-7-9-13(2)22(12)39-27(34)38-16(5)37-26(33)21-18(14(3)20-19(15(4)31)24(32)30(20)21)17-10-29-11-28-23(25(29)40-17)41(6,35)36/h7-11,14-16,19-20,31H,1-6H3/t14-,15+,16?,19+,20+/m0/s1. The number of amides is 1. The maximum Gasteiger partial charge on any atom is 0.516 e. The molecule has 2 aromatic heterocycles. The molecule has 5 atom stereocenters. The number of sulfone groups is 1. The normalized spacial score (nSPS) is 21.9. The molecule has 5 rings (SSSR count). The van der Waals surface area contributed by atoms with E-state index in [0.717, 1.165) is 28.7 Å². The molecule has 0 radical (unpaired) electrons. The molecule has 0 spiro atoms. The Hall–Kier alpha value is -3.75. The van der Waals surface area contributed by atoms with Gasteiger partial charge in [0, 0.05) is 30.9 Å². The summed E-state index contributed by atoms with van der Waals surface area (Å²) in [5.41, 5.74) is 1.84. The highest BCUT2D eigenvalue weighted by Gasteiger charge is 2.60. The van der Waals surface area contributed by atoms with E-state index >= 15 is 0 Å². The third kappa shape index (κ3) is 4.89. The lowest BCUT2D eigenvalue weighted by molar-refractivity contribution is -0.172. The number of aliphatic hydroxyl groups excluding tert-OH is 1. The van der Waals surface area contributed by atoms with Crippen molar-refractivity contribution in [1.29, 1.82) is 0 Å². The molecule has 0 saturated carbocycles. The third-order valence-corrected chi connectivity index (χ3v) is 9.56. The molecule has 0 bridgehead atoms. The number of carbonyl (C=O) groups is 3. The van der Waals surface area contributed by atoms with Gasteiger partial charge in [0.25, 0.3) is 0 Å². The van der Waals surface area contributed by atoms with Crippen molar-refractivity contribution in [3.63, 3.8) is 0 Å². The predicted octanol–water partition coefficient (Wildman–Crippen LogP) is 3.09. The number of β-lactam (4-membered cyclic amide) rings is 1. The van der Waals surface area contributed by atoms with Crippen molar-refractivity contribution in [3.8, 4) is 5.75 Å². The second-order valence-electron chi connectivity index (χ2n) is 10.3. The number of aliphatic hydroxyl groups is 1. The van der Waals surface area contributed by atoms with Crippen molar-refractivity contribution >= 4 is 49.6 Å². The number of ether oxygens (including phenoxy) is 3. The van der Waals surface area contributed by atoms with E-state index in [4.69, 9.17) is 14.2 Å². The Morgan fingerprint density at radius 2 is 1.80 bits per heavy atom. The van der Waals surface area contributed by atoms with Crippen LogP contribution in [0.1, 0.15) is 36.8 Å². The Balaban J connectivity index is 1.45. The van der Waals surface area contributed by atoms with Gasteiger partial charge in [0.05, 0.1) is 22.9 Å². The minimum Gasteiger partial charge on any atom is -0.421 e. The molecule has 218 valence electrons. The molecule has 2 aliphatic heterocycles. The predicted molar refractivity (Wildman–Crippen MR) is 147 cm³/mol. The van der Waals surface area contributed by atoms with Crippen molar-refractivity contribution in [3.05, 3.63) is 52.4 Å². The zero-order valence-electron chi connectivity index (χ0n) is 23.1. The number of hydrogen-bond acceptors (Lipinski definition) is 11. The van der Waals surface area contributed by atoms with Gasteiger partial charge in [-0.05, 0) is 31.9 Å². The minimum absolute atomic E-state index is 0.0543. The molecule has 1 unspecified atom stereocenters. The molecule has 14 heteroatoms. The van der Waals surface area contributed by atoms with Crippen LogP contribution in [0.3, 0.4) is 0 Å². The number of aryl methyl sites for hydroxylation is 2. The number of para-hydroxylation sites is 1. The summed E-state index contributed by atoms with van der Waals surface area (Å²) >= 11 is 1.11. The van der Waals surface area contributed by atoms with E-state index in [0.29, 0.717) is 21.0 Å². The number of esters is 1. The molecule has 2 aliphatic rings. The van der Waals surface area contributed by atoms with Crippen molar-refractivity contribution < 1.29 is 42.1 Å². The monoisotopic (exact) mass is 603 g/mol. The summed E-state index contributed by atoms with van der Waals surface area (Å²) in [6, 6.07) is 4.85. The Morgan fingerprint density at radius 1 is 1.15 bits per heavy atom. The minimum atomic E-state index is -3.62. The first-order chi connectivity index (χ1) is 19.2. The number of fused-ring (bicyclic) bond motifs is 2. The molecule has 1 saturated heterocycles. The number of aromatic nitrogens is 2. The van der Waals surface area contributed by atoms with E-state index in [2.05, 4.69) is 4.98 Å². The second kappa shape index (κ2) is 10.3. The maximum absolute atomic E-state index is 13.5. The van der Waals surface area contributed by atoms with Crippen LogP contribution in [0.5, 0.6) is 5.75 Å². The van der Waals surface area contributed by atoms with Crippen molar-refractivity contribution in [2.75, 3.05) is 6.26 Å². The highest BCUT2D eigenvalue weighted by atomic mass is 32.2. The average Bonchev–Trinajstić information content (AvgIpc) is 3.50. The Bertz CT molecular complexity index is 1700. The quantitative estimate of drug-likeness (QED) is 0.184. The zero-order valence-corrected chi connectivity index (χ0v) is 24.8. The van der Waals surface area contributed by atoms with E-state index in [9.17, 15) is 27.9 Å². The summed E-state index contributed by atoms with van der Waals surface area (Å²) in [7, 11) is -3.62. The van der Waals surface area contributed by atoms with Gasteiger partial charge in [0.15, 0.2) is 14.9 Å². The van der Waals surface area contributed by atoms with Gasteiger partial charge in [0.2, 0.25) is 12.2 Å². The SMILES string of the molecule is Cc1cccc(C)c1OC(=O)OC(C)OC(=O)C1=C(c2cn3cnc(S(C)(=O)=O)c3s2)[C@H](C)[C@@H]2[C@@H]([C@@H](C)O)C(=O)N12. The molecule has 1 fully saturated rings. The summed E-state index contributed by atoms with van der Waals surface area (Å²) in [5, 5.41) is 10.2. The van der Waals surface area contributed by atoms with Crippen LogP contribution < -0.4 is 4.74 Å². The highest BCUT2D eigenvalue weighted by molar-refractivity contribution is 7.91. The summed E-state index contributed by atoms with van der Waals surface area (Å²) in [4.78, 5) is 45.3. The largest absolute Gasteiger partial charge is 0.516 e. The first-order valence-electron chi connectivity index (χ1n) is 12.8. The van der Waals surface area contributed by atoms with Gasteiger partial charge in [0.1, 0.15) is 22.6 Å². The lowest BCUT2D eigenvalue weighted by Gasteiger charge is -2.46. The van der Waals surface area contributed by atoms with Gasteiger partial charge < -0.3 is 24.2 Å². The highest BCUT2D eigenvalue weighted by Crippen LogP contribution is 2.52. The van der Waals surface area contributed by atoms with Crippen molar-refractivity contribution in [1.82, 2.24) is 14.3 Å². The Labute approximate surface area is 240 Å². The molecular formula is C27H29N3O9S2. The molecule has 1 aromatic carbocycles. The lowest BCUT2D eigenvalue weighted by Crippen LogP contribution is -2.63. The number of imidazole rings is 1. The van der Waals surface area contributed by atoms with Gasteiger partial charge in [-0.25, -0.2) is 23.0 Å².